The third kappa shape index (κ3) is 2.36. The summed E-state index contributed by atoms with van der Waals surface area (Å²) in [6.45, 7) is 0. The number of carbonyl (C=O) groups is 2. The molecule has 144 valence electrons. The fourth-order valence-corrected chi connectivity index (χ4v) is 5.69. The predicted octanol–water partition coefficient (Wildman–Crippen LogP) is 4.63. The molecule has 5 atom stereocenters. The van der Waals surface area contributed by atoms with Gasteiger partial charge in [0.25, 0.3) is 0 Å². The molecule has 3 aliphatic rings. The van der Waals surface area contributed by atoms with Crippen LogP contribution in [0.25, 0.3) is 0 Å². The van der Waals surface area contributed by atoms with Crippen molar-refractivity contribution in [3.63, 3.8) is 0 Å². The minimum absolute atomic E-state index is 0.0110. The van der Waals surface area contributed by atoms with E-state index in [0.29, 0.717) is 0 Å². The van der Waals surface area contributed by atoms with E-state index in [2.05, 4.69) is 0 Å². The van der Waals surface area contributed by atoms with Gasteiger partial charge in [0, 0.05) is 0 Å². The summed E-state index contributed by atoms with van der Waals surface area (Å²) in [5.74, 6) is -1.69. The van der Waals surface area contributed by atoms with Gasteiger partial charge >= 0.3 is 6.18 Å². The lowest BCUT2D eigenvalue weighted by Gasteiger charge is -2.28. The van der Waals surface area contributed by atoms with Crippen LogP contribution in [0.15, 0.2) is 54.6 Å². The Morgan fingerprint density at radius 2 is 1.46 bits per heavy atom. The molecule has 1 aliphatic heterocycles. The molecular weight excluding hydrogens is 367 g/mol. The molecule has 0 radical (unpaired) electrons. The van der Waals surface area contributed by atoms with E-state index in [4.69, 9.17) is 0 Å². The fraction of sp³-hybridized carbons (Fsp3) is 0.364. The van der Waals surface area contributed by atoms with Gasteiger partial charge in [-0.2, -0.15) is 13.2 Å². The highest BCUT2D eigenvalue weighted by Crippen LogP contribution is 2.62. The van der Waals surface area contributed by atoms with E-state index in [1.165, 1.54) is 18.2 Å². The number of para-hydroxylation sites is 1. The van der Waals surface area contributed by atoms with Crippen molar-refractivity contribution in [1.29, 1.82) is 0 Å². The Hall–Kier alpha value is -2.63. The summed E-state index contributed by atoms with van der Waals surface area (Å²) < 4.78 is 40.3. The number of fused-ring (bicyclic) bond motifs is 5. The number of imide groups is 1. The van der Waals surface area contributed by atoms with Crippen LogP contribution < -0.4 is 4.90 Å². The third-order valence-corrected chi connectivity index (χ3v) is 6.69. The molecule has 3 fully saturated rings. The van der Waals surface area contributed by atoms with Gasteiger partial charge in [0.05, 0.1) is 23.1 Å². The Balaban J connectivity index is 1.52. The molecule has 2 amide bonds. The number of alkyl halides is 3. The number of rotatable bonds is 2. The highest BCUT2D eigenvalue weighted by molar-refractivity contribution is 6.23. The van der Waals surface area contributed by atoms with Gasteiger partial charge in [0.15, 0.2) is 0 Å². The van der Waals surface area contributed by atoms with Crippen LogP contribution in [0.5, 0.6) is 0 Å². The van der Waals surface area contributed by atoms with Crippen LogP contribution >= 0.6 is 0 Å². The van der Waals surface area contributed by atoms with Crippen molar-refractivity contribution in [1.82, 2.24) is 0 Å². The molecule has 2 aliphatic carbocycles. The van der Waals surface area contributed by atoms with Crippen LogP contribution in [0.1, 0.15) is 29.9 Å². The molecule has 3 nitrogen and oxygen atoms in total. The van der Waals surface area contributed by atoms with E-state index in [0.717, 1.165) is 29.4 Å². The minimum atomic E-state index is -4.62. The zero-order chi connectivity index (χ0) is 19.6. The molecule has 5 rings (SSSR count). The molecule has 5 unspecified atom stereocenters. The molecule has 1 heterocycles. The van der Waals surface area contributed by atoms with Gasteiger partial charge < -0.3 is 0 Å². The average molecular weight is 385 g/mol. The number of benzene rings is 2. The molecule has 2 aromatic rings. The van der Waals surface area contributed by atoms with Crippen molar-refractivity contribution in [3.8, 4) is 0 Å². The predicted molar refractivity (Wildman–Crippen MR) is 96.3 cm³/mol. The summed E-state index contributed by atoms with van der Waals surface area (Å²) in [7, 11) is 0. The maximum Gasteiger partial charge on any atom is 0.418 e. The van der Waals surface area contributed by atoms with E-state index in [1.54, 1.807) is 0 Å². The van der Waals surface area contributed by atoms with E-state index in [9.17, 15) is 22.8 Å². The monoisotopic (exact) mass is 385 g/mol. The molecule has 2 saturated carbocycles. The topological polar surface area (TPSA) is 37.4 Å². The standard InChI is InChI=1S/C22H18F3NO2/c23-22(24,25)16-8-4-5-9-17(16)26-20(27)18-13-10-14(12-6-2-1-3-7-12)15(11-13)19(18)21(26)28/h1-9,13-15,18-19H,10-11H2. The number of hydrogen-bond donors (Lipinski definition) is 0. The van der Waals surface area contributed by atoms with Crippen molar-refractivity contribution < 1.29 is 22.8 Å². The highest BCUT2D eigenvalue weighted by atomic mass is 19.4. The van der Waals surface area contributed by atoms with Gasteiger partial charge in [0.2, 0.25) is 11.8 Å². The molecule has 6 heteroatoms. The Kier molecular flexibility index (Phi) is 3.70. The second-order valence-corrected chi connectivity index (χ2v) is 7.99. The summed E-state index contributed by atoms with van der Waals surface area (Å²) in [5, 5.41) is 0. The number of anilines is 1. The van der Waals surface area contributed by atoms with Crippen LogP contribution in [0, 0.1) is 23.7 Å². The van der Waals surface area contributed by atoms with Crippen LogP contribution in [-0.4, -0.2) is 11.8 Å². The molecule has 0 aromatic heterocycles. The Morgan fingerprint density at radius 3 is 2.18 bits per heavy atom. The first-order chi connectivity index (χ1) is 13.4. The second-order valence-electron chi connectivity index (χ2n) is 7.99. The van der Waals surface area contributed by atoms with Gasteiger partial charge in [-0.05, 0) is 48.3 Å². The average Bonchev–Trinajstić information content (AvgIpc) is 3.33. The summed E-state index contributed by atoms with van der Waals surface area (Å²) in [4.78, 5) is 27.0. The molecule has 2 bridgehead atoms. The van der Waals surface area contributed by atoms with Crippen molar-refractivity contribution in [3.05, 3.63) is 65.7 Å². The zero-order valence-corrected chi connectivity index (χ0v) is 14.9. The minimum Gasteiger partial charge on any atom is -0.274 e. The lowest BCUT2D eigenvalue weighted by molar-refractivity contribution is -0.137. The smallest absolute Gasteiger partial charge is 0.274 e. The zero-order valence-electron chi connectivity index (χ0n) is 14.9. The molecular formula is C22H18F3NO2. The van der Waals surface area contributed by atoms with Gasteiger partial charge in [-0.1, -0.05) is 42.5 Å². The van der Waals surface area contributed by atoms with Crippen molar-refractivity contribution in [2.75, 3.05) is 4.90 Å². The first-order valence-electron chi connectivity index (χ1n) is 9.47. The normalized spacial score (nSPS) is 31.5. The number of nitrogens with zero attached hydrogens (tertiary/aromatic N) is 1. The number of halogens is 3. The number of hydrogen-bond acceptors (Lipinski definition) is 2. The number of amides is 2. The van der Waals surface area contributed by atoms with Crippen LogP contribution in [0.3, 0.4) is 0 Å². The van der Waals surface area contributed by atoms with E-state index in [1.807, 2.05) is 30.3 Å². The second kappa shape index (κ2) is 5.93. The summed E-state index contributed by atoms with van der Waals surface area (Å²) in [6.07, 6.45) is -3.02. The maximum atomic E-state index is 13.4. The summed E-state index contributed by atoms with van der Waals surface area (Å²) in [6, 6.07) is 14.7. The van der Waals surface area contributed by atoms with Crippen molar-refractivity contribution >= 4 is 17.5 Å². The highest BCUT2D eigenvalue weighted by Gasteiger charge is 2.64. The van der Waals surface area contributed by atoms with Crippen LogP contribution in [-0.2, 0) is 15.8 Å². The Morgan fingerprint density at radius 1 is 0.821 bits per heavy atom. The maximum absolute atomic E-state index is 13.4. The third-order valence-electron chi connectivity index (χ3n) is 6.69. The van der Waals surface area contributed by atoms with Crippen LogP contribution in [0.2, 0.25) is 0 Å². The molecule has 0 spiro atoms. The van der Waals surface area contributed by atoms with E-state index in [-0.39, 0.29) is 23.4 Å². The largest absolute Gasteiger partial charge is 0.418 e. The van der Waals surface area contributed by atoms with Crippen molar-refractivity contribution in [2.24, 2.45) is 23.7 Å². The van der Waals surface area contributed by atoms with Gasteiger partial charge in [-0.15, -0.1) is 0 Å². The van der Waals surface area contributed by atoms with E-state index >= 15 is 0 Å². The van der Waals surface area contributed by atoms with Crippen LogP contribution in [0.4, 0.5) is 18.9 Å². The van der Waals surface area contributed by atoms with E-state index < -0.39 is 35.4 Å². The first kappa shape index (κ1) is 17.5. The van der Waals surface area contributed by atoms with Gasteiger partial charge in [-0.3, -0.25) is 9.59 Å². The lowest BCUT2D eigenvalue weighted by Crippen LogP contribution is -2.34. The number of carbonyl (C=O) groups excluding carboxylic acids is 2. The summed E-state index contributed by atoms with van der Waals surface area (Å²) >= 11 is 0. The first-order valence-corrected chi connectivity index (χ1v) is 9.47. The van der Waals surface area contributed by atoms with Gasteiger partial charge in [-0.25, -0.2) is 4.90 Å². The summed E-state index contributed by atoms with van der Waals surface area (Å²) in [5.41, 5.74) is -0.137. The molecule has 1 saturated heterocycles. The Bertz CT molecular complexity index is 956. The lowest BCUT2D eigenvalue weighted by atomic mass is 9.73. The van der Waals surface area contributed by atoms with Crippen molar-refractivity contribution in [2.45, 2.75) is 24.9 Å². The fourth-order valence-electron chi connectivity index (χ4n) is 5.69. The SMILES string of the molecule is O=C1C2C3CC(c4ccccc4)C(C3)C2C(=O)N1c1ccccc1C(F)(F)F. The van der Waals surface area contributed by atoms with Gasteiger partial charge in [0.1, 0.15) is 0 Å². The molecule has 0 N–H and O–H groups in total. The molecule has 2 aromatic carbocycles. The molecule has 28 heavy (non-hydrogen) atoms. The Labute approximate surface area is 160 Å². The quantitative estimate of drug-likeness (QED) is 0.707.